The molecular formula is C24H25F4N3O2S. The van der Waals surface area contributed by atoms with Crippen LogP contribution < -0.4 is 15.4 Å². The minimum atomic E-state index is -3.76. The van der Waals surface area contributed by atoms with Crippen LogP contribution in [0.2, 0.25) is 0 Å². The van der Waals surface area contributed by atoms with Gasteiger partial charge in [-0.05, 0) is 48.9 Å². The van der Waals surface area contributed by atoms with E-state index in [1.165, 1.54) is 36.0 Å². The van der Waals surface area contributed by atoms with E-state index < -0.39 is 48.9 Å². The first-order valence-electron chi connectivity index (χ1n) is 10.6. The summed E-state index contributed by atoms with van der Waals surface area (Å²) in [4.78, 5) is 13.5. The molecule has 2 aromatic rings. The number of hydrogen-bond acceptors (Lipinski definition) is 5. The molecule has 1 amide bonds. The monoisotopic (exact) mass is 495 g/mol. The molecule has 1 atom stereocenters. The molecule has 0 saturated heterocycles. The summed E-state index contributed by atoms with van der Waals surface area (Å²) in [5, 5.41) is 13.9. The van der Waals surface area contributed by atoms with Crippen LogP contribution >= 0.6 is 11.8 Å². The molecule has 0 bridgehead atoms. The SMILES string of the molecule is CSc1ccc(OC(F)(F)CN[C@@H](CC(F)(F)Cc2ccccc2)C(=O)NC2(C#N)CC2)cc1. The molecule has 10 heteroatoms. The highest BCUT2D eigenvalue weighted by Gasteiger charge is 2.47. The Balaban J connectivity index is 1.68. The molecule has 1 aliphatic rings. The van der Waals surface area contributed by atoms with E-state index in [1.54, 1.807) is 30.3 Å². The molecule has 1 fully saturated rings. The number of hydrogen-bond donors (Lipinski definition) is 2. The van der Waals surface area contributed by atoms with Crippen molar-refractivity contribution in [2.24, 2.45) is 0 Å². The highest BCUT2D eigenvalue weighted by atomic mass is 32.2. The third-order valence-electron chi connectivity index (χ3n) is 5.33. The predicted molar refractivity (Wildman–Crippen MR) is 121 cm³/mol. The molecule has 5 nitrogen and oxygen atoms in total. The van der Waals surface area contributed by atoms with Crippen LogP contribution in [-0.2, 0) is 11.2 Å². The van der Waals surface area contributed by atoms with Crippen molar-refractivity contribution in [2.75, 3.05) is 12.8 Å². The highest BCUT2D eigenvalue weighted by Crippen LogP contribution is 2.35. The van der Waals surface area contributed by atoms with E-state index in [0.717, 1.165) is 4.90 Å². The number of benzene rings is 2. The summed E-state index contributed by atoms with van der Waals surface area (Å²) >= 11 is 1.44. The van der Waals surface area contributed by atoms with E-state index in [1.807, 2.05) is 12.3 Å². The molecule has 0 radical (unpaired) electrons. The van der Waals surface area contributed by atoms with Crippen LogP contribution in [0.3, 0.4) is 0 Å². The molecule has 2 aromatic carbocycles. The summed E-state index contributed by atoms with van der Waals surface area (Å²) in [5.41, 5.74) is -0.770. The summed E-state index contributed by atoms with van der Waals surface area (Å²) in [7, 11) is 0. The molecule has 34 heavy (non-hydrogen) atoms. The van der Waals surface area contributed by atoms with E-state index in [0.29, 0.717) is 18.4 Å². The van der Waals surface area contributed by atoms with E-state index in [-0.39, 0.29) is 5.75 Å². The van der Waals surface area contributed by atoms with Crippen molar-refractivity contribution in [3.05, 3.63) is 60.2 Å². The van der Waals surface area contributed by atoms with Crippen molar-refractivity contribution < 1.29 is 27.1 Å². The number of carbonyl (C=O) groups excluding carboxylic acids is 1. The number of thioether (sulfide) groups is 1. The van der Waals surface area contributed by atoms with Gasteiger partial charge in [-0.15, -0.1) is 11.8 Å². The van der Waals surface area contributed by atoms with Crippen molar-refractivity contribution in [3.8, 4) is 11.8 Å². The Labute approximate surface area is 199 Å². The first-order chi connectivity index (χ1) is 16.1. The lowest BCUT2D eigenvalue weighted by Crippen LogP contribution is -2.53. The smallest absolute Gasteiger partial charge is 0.410 e. The predicted octanol–water partition coefficient (Wildman–Crippen LogP) is 4.78. The maximum absolute atomic E-state index is 14.8. The van der Waals surface area contributed by atoms with Crippen LogP contribution in [0.4, 0.5) is 17.6 Å². The van der Waals surface area contributed by atoms with Crippen molar-refractivity contribution in [1.29, 1.82) is 5.26 Å². The van der Waals surface area contributed by atoms with Gasteiger partial charge in [0.25, 0.3) is 5.92 Å². The molecule has 0 unspecified atom stereocenters. The second kappa shape index (κ2) is 10.7. The van der Waals surface area contributed by atoms with Crippen molar-refractivity contribution in [2.45, 2.75) is 54.2 Å². The van der Waals surface area contributed by atoms with E-state index in [4.69, 9.17) is 4.74 Å². The highest BCUT2D eigenvalue weighted by molar-refractivity contribution is 7.98. The van der Waals surface area contributed by atoms with Crippen LogP contribution in [0, 0.1) is 11.3 Å². The quantitative estimate of drug-likeness (QED) is 0.328. The maximum atomic E-state index is 14.8. The first-order valence-corrected chi connectivity index (χ1v) is 11.9. The number of ether oxygens (including phenoxy) is 1. The average molecular weight is 496 g/mol. The molecule has 1 saturated carbocycles. The molecule has 3 rings (SSSR count). The summed E-state index contributed by atoms with van der Waals surface area (Å²) < 4.78 is 63.2. The third kappa shape index (κ3) is 7.64. The minimum absolute atomic E-state index is 0.0959. The lowest BCUT2D eigenvalue weighted by molar-refractivity contribution is -0.174. The van der Waals surface area contributed by atoms with Gasteiger partial charge >= 0.3 is 6.11 Å². The molecule has 2 N–H and O–H groups in total. The number of rotatable bonds is 12. The minimum Gasteiger partial charge on any atom is -0.432 e. The van der Waals surface area contributed by atoms with Crippen LogP contribution in [0.25, 0.3) is 0 Å². The molecule has 0 aromatic heterocycles. The van der Waals surface area contributed by atoms with Crippen molar-refractivity contribution in [1.82, 2.24) is 10.6 Å². The number of halogens is 4. The topological polar surface area (TPSA) is 74.2 Å². The standard InChI is InChI=1S/C24H25F4N3O2S/c1-34-19-9-7-18(8-10-19)33-24(27,28)16-30-20(21(32)31-22(15-29)11-12-22)14-23(25,26)13-17-5-3-2-4-6-17/h2-10,20,30H,11-14,16H2,1H3,(H,31,32)/t20-/m0/s1. The van der Waals surface area contributed by atoms with E-state index in [2.05, 4.69) is 10.6 Å². The number of nitriles is 1. The molecular weight excluding hydrogens is 470 g/mol. The largest absolute Gasteiger partial charge is 0.432 e. The van der Waals surface area contributed by atoms with Gasteiger partial charge in [0, 0.05) is 17.7 Å². The van der Waals surface area contributed by atoms with Gasteiger partial charge in [0.2, 0.25) is 5.91 Å². The Bertz CT molecular complexity index is 1010. The molecule has 0 aliphatic heterocycles. The summed E-state index contributed by atoms with van der Waals surface area (Å²) in [6.45, 7) is -1.17. The molecule has 182 valence electrons. The molecule has 1 aliphatic carbocycles. The van der Waals surface area contributed by atoms with Gasteiger partial charge in [0.15, 0.2) is 0 Å². The second-order valence-electron chi connectivity index (χ2n) is 8.25. The third-order valence-corrected chi connectivity index (χ3v) is 6.08. The maximum Gasteiger partial charge on any atom is 0.410 e. The fraction of sp³-hybridized carbons (Fsp3) is 0.417. The summed E-state index contributed by atoms with van der Waals surface area (Å²) in [5.74, 6) is -4.38. The number of carbonyl (C=O) groups is 1. The molecule has 0 heterocycles. The zero-order valence-corrected chi connectivity index (χ0v) is 19.3. The number of amides is 1. The van der Waals surface area contributed by atoms with Gasteiger partial charge in [0.05, 0.1) is 12.1 Å². The zero-order chi connectivity index (χ0) is 24.8. The van der Waals surface area contributed by atoms with Gasteiger partial charge < -0.3 is 10.1 Å². The van der Waals surface area contributed by atoms with Crippen LogP contribution in [0.1, 0.15) is 24.8 Å². The van der Waals surface area contributed by atoms with Crippen molar-refractivity contribution in [3.63, 3.8) is 0 Å². The van der Waals surface area contributed by atoms with Crippen LogP contribution in [-0.4, -0.2) is 42.3 Å². The zero-order valence-electron chi connectivity index (χ0n) is 18.5. The fourth-order valence-corrected chi connectivity index (χ4v) is 3.74. The fourth-order valence-electron chi connectivity index (χ4n) is 3.33. The normalized spacial score (nSPS) is 15.8. The Morgan fingerprint density at radius 3 is 2.35 bits per heavy atom. The Kier molecular flexibility index (Phi) is 8.10. The average Bonchev–Trinajstić information content (AvgIpc) is 3.57. The van der Waals surface area contributed by atoms with E-state index in [9.17, 15) is 27.6 Å². The lowest BCUT2D eigenvalue weighted by Gasteiger charge is -2.27. The van der Waals surface area contributed by atoms with Gasteiger partial charge in [0.1, 0.15) is 17.8 Å². The molecule has 0 spiro atoms. The van der Waals surface area contributed by atoms with Crippen LogP contribution in [0.5, 0.6) is 5.75 Å². The first kappa shape index (κ1) is 25.8. The number of nitrogens with one attached hydrogen (secondary N) is 2. The van der Waals surface area contributed by atoms with E-state index >= 15 is 0 Å². The van der Waals surface area contributed by atoms with Gasteiger partial charge in [-0.2, -0.15) is 14.0 Å². The van der Waals surface area contributed by atoms with Crippen LogP contribution in [0.15, 0.2) is 59.5 Å². The summed E-state index contributed by atoms with van der Waals surface area (Å²) in [6, 6.07) is 14.2. The number of alkyl halides is 4. The van der Waals surface area contributed by atoms with Crippen molar-refractivity contribution >= 4 is 17.7 Å². The second-order valence-corrected chi connectivity index (χ2v) is 9.13. The Hall–Kier alpha value is -2.77. The Morgan fingerprint density at radius 1 is 1.15 bits per heavy atom. The lowest BCUT2D eigenvalue weighted by atomic mass is 10.00. The number of nitrogens with zero attached hydrogens (tertiary/aromatic N) is 1. The Morgan fingerprint density at radius 2 is 1.79 bits per heavy atom. The summed E-state index contributed by atoms with van der Waals surface area (Å²) in [6.07, 6.45) is -2.84. The van der Waals surface area contributed by atoms with Gasteiger partial charge in [-0.3, -0.25) is 10.1 Å². The van der Waals surface area contributed by atoms with Gasteiger partial charge in [-0.1, -0.05) is 30.3 Å². The van der Waals surface area contributed by atoms with Gasteiger partial charge in [-0.25, -0.2) is 8.78 Å².